The van der Waals surface area contributed by atoms with Gasteiger partial charge in [-0.1, -0.05) is 12.1 Å². The molecule has 1 saturated heterocycles. The first-order chi connectivity index (χ1) is 8.90. The maximum Gasteiger partial charge on any atom is 0.123 e. The van der Waals surface area contributed by atoms with Gasteiger partial charge in [0.25, 0.3) is 0 Å². The number of alkyl halides is 1. The van der Waals surface area contributed by atoms with Crippen molar-refractivity contribution in [2.24, 2.45) is 0 Å². The van der Waals surface area contributed by atoms with E-state index in [1.54, 1.807) is 0 Å². The lowest BCUT2D eigenvalue weighted by atomic mass is 9.91. The van der Waals surface area contributed by atoms with Gasteiger partial charge >= 0.3 is 0 Å². The minimum Gasteiger partial charge on any atom is -0.487 e. The largest absolute Gasteiger partial charge is 0.487 e. The Morgan fingerprint density at radius 3 is 2.74 bits per heavy atom. The Balaban J connectivity index is 1.88. The third-order valence-corrected chi connectivity index (χ3v) is 4.88. The van der Waals surface area contributed by atoms with Crippen LogP contribution in [0.25, 0.3) is 0 Å². The van der Waals surface area contributed by atoms with Crippen molar-refractivity contribution in [3.8, 4) is 5.75 Å². The number of benzene rings is 1. The molecule has 0 aliphatic carbocycles. The molecular formula is C16H21ClO2. The Hall–Kier alpha value is -0.730. The lowest BCUT2D eigenvalue weighted by molar-refractivity contribution is 0.0164. The van der Waals surface area contributed by atoms with E-state index in [0.717, 1.165) is 37.2 Å². The number of ether oxygens (including phenoxy) is 2. The summed E-state index contributed by atoms with van der Waals surface area (Å²) in [5.74, 6) is 0.995. The van der Waals surface area contributed by atoms with Gasteiger partial charge in [0, 0.05) is 13.0 Å². The van der Waals surface area contributed by atoms with E-state index in [-0.39, 0.29) is 16.6 Å². The van der Waals surface area contributed by atoms with Crippen LogP contribution in [0.5, 0.6) is 5.75 Å². The molecule has 1 aromatic carbocycles. The molecule has 104 valence electrons. The molecule has 2 unspecified atom stereocenters. The summed E-state index contributed by atoms with van der Waals surface area (Å²) in [4.78, 5) is 0. The summed E-state index contributed by atoms with van der Waals surface area (Å²) in [6.07, 6.45) is 3.07. The SMILES string of the molecule is CC1(C)Cc2cc(C(Cl)C3(C)CCCO3)ccc2O1. The fraction of sp³-hybridized carbons (Fsp3) is 0.625. The van der Waals surface area contributed by atoms with Crippen LogP contribution < -0.4 is 4.74 Å². The molecule has 0 amide bonds. The zero-order valence-electron chi connectivity index (χ0n) is 11.8. The van der Waals surface area contributed by atoms with Gasteiger partial charge in [-0.2, -0.15) is 0 Å². The Labute approximate surface area is 120 Å². The molecule has 3 rings (SSSR count). The van der Waals surface area contributed by atoms with E-state index in [0.29, 0.717) is 0 Å². The van der Waals surface area contributed by atoms with Gasteiger partial charge in [0.15, 0.2) is 0 Å². The predicted molar refractivity (Wildman–Crippen MR) is 77.0 cm³/mol. The molecule has 2 heterocycles. The van der Waals surface area contributed by atoms with Crippen LogP contribution in [0.2, 0.25) is 0 Å². The number of hydrogen-bond donors (Lipinski definition) is 0. The highest BCUT2D eigenvalue weighted by Gasteiger charge is 2.39. The molecule has 1 fully saturated rings. The summed E-state index contributed by atoms with van der Waals surface area (Å²) in [6, 6.07) is 6.31. The molecule has 0 spiro atoms. The van der Waals surface area contributed by atoms with Crippen LogP contribution in [0.4, 0.5) is 0 Å². The molecule has 0 bridgehead atoms. The smallest absolute Gasteiger partial charge is 0.123 e. The maximum absolute atomic E-state index is 6.66. The summed E-state index contributed by atoms with van der Waals surface area (Å²) in [7, 11) is 0. The quantitative estimate of drug-likeness (QED) is 0.754. The zero-order chi connectivity index (χ0) is 13.7. The summed E-state index contributed by atoms with van der Waals surface area (Å²) in [5.41, 5.74) is 2.07. The number of halogens is 1. The Kier molecular flexibility index (Phi) is 3.06. The van der Waals surface area contributed by atoms with Gasteiger partial charge in [0.2, 0.25) is 0 Å². The van der Waals surface area contributed by atoms with Crippen LogP contribution in [-0.2, 0) is 11.2 Å². The predicted octanol–water partition coefficient (Wildman–Crippen LogP) is 4.25. The molecule has 2 atom stereocenters. The molecule has 1 aromatic rings. The first-order valence-corrected chi connectivity index (χ1v) is 7.43. The van der Waals surface area contributed by atoms with Gasteiger partial charge in [-0.05, 0) is 50.8 Å². The van der Waals surface area contributed by atoms with E-state index in [1.807, 2.05) is 6.07 Å². The van der Waals surface area contributed by atoms with Crippen LogP contribution in [0.3, 0.4) is 0 Å². The van der Waals surface area contributed by atoms with Crippen LogP contribution in [-0.4, -0.2) is 17.8 Å². The molecule has 0 N–H and O–H groups in total. The third kappa shape index (κ3) is 2.36. The lowest BCUT2D eigenvalue weighted by Crippen LogP contribution is -2.28. The van der Waals surface area contributed by atoms with E-state index >= 15 is 0 Å². The standard InChI is InChI=1S/C16H21ClO2/c1-15(2)10-12-9-11(5-6-13(12)19-15)14(17)16(3)7-4-8-18-16/h5-6,9,14H,4,7-8,10H2,1-3H3. The van der Waals surface area contributed by atoms with E-state index in [1.165, 1.54) is 5.56 Å². The Morgan fingerprint density at radius 2 is 2.05 bits per heavy atom. The van der Waals surface area contributed by atoms with Crippen molar-refractivity contribution in [3.63, 3.8) is 0 Å². The highest BCUT2D eigenvalue weighted by Crippen LogP contribution is 2.44. The second kappa shape index (κ2) is 4.39. The van der Waals surface area contributed by atoms with E-state index < -0.39 is 0 Å². The van der Waals surface area contributed by atoms with Crippen molar-refractivity contribution >= 4 is 11.6 Å². The average molecular weight is 281 g/mol. The fourth-order valence-corrected chi connectivity index (χ4v) is 3.45. The Morgan fingerprint density at radius 1 is 1.26 bits per heavy atom. The monoisotopic (exact) mass is 280 g/mol. The van der Waals surface area contributed by atoms with Crippen molar-refractivity contribution in [2.75, 3.05) is 6.61 Å². The average Bonchev–Trinajstić information content (AvgIpc) is 2.90. The van der Waals surface area contributed by atoms with Crippen LogP contribution in [0, 0.1) is 0 Å². The number of fused-ring (bicyclic) bond motifs is 1. The van der Waals surface area contributed by atoms with Crippen molar-refractivity contribution < 1.29 is 9.47 Å². The van der Waals surface area contributed by atoms with Gasteiger partial charge in [-0.3, -0.25) is 0 Å². The van der Waals surface area contributed by atoms with Gasteiger partial charge in [0.05, 0.1) is 11.0 Å². The van der Waals surface area contributed by atoms with Crippen molar-refractivity contribution in [1.29, 1.82) is 0 Å². The van der Waals surface area contributed by atoms with Crippen molar-refractivity contribution in [3.05, 3.63) is 29.3 Å². The molecular weight excluding hydrogens is 260 g/mol. The number of hydrogen-bond acceptors (Lipinski definition) is 2. The van der Waals surface area contributed by atoms with E-state index in [9.17, 15) is 0 Å². The van der Waals surface area contributed by atoms with Gasteiger partial charge < -0.3 is 9.47 Å². The maximum atomic E-state index is 6.66. The first kappa shape index (κ1) is 13.3. The minimum atomic E-state index is -0.231. The highest BCUT2D eigenvalue weighted by atomic mass is 35.5. The van der Waals surface area contributed by atoms with Gasteiger partial charge in [-0.25, -0.2) is 0 Å². The second-order valence-corrected chi connectivity index (χ2v) is 6.97. The third-order valence-electron chi connectivity index (χ3n) is 4.17. The van der Waals surface area contributed by atoms with Crippen LogP contribution >= 0.6 is 11.6 Å². The molecule has 2 aliphatic heterocycles. The molecule has 2 aliphatic rings. The van der Waals surface area contributed by atoms with Gasteiger partial charge in [-0.15, -0.1) is 11.6 Å². The molecule has 19 heavy (non-hydrogen) atoms. The fourth-order valence-electron chi connectivity index (χ4n) is 3.14. The second-order valence-electron chi connectivity index (χ2n) is 6.53. The van der Waals surface area contributed by atoms with Crippen molar-refractivity contribution in [2.45, 2.75) is 56.6 Å². The van der Waals surface area contributed by atoms with Crippen LogP contribution in [0.1, 0.15) is 50.1 Å². The lowest BCUT2D eigenvalue weighted by Gasteiger charge is -2.29. The topological polar surface area (TPSA) is 18.5 Å². The molecule has 0 saturated carbocycles. The van der Waals surface area contributed by atoms with Crippen molar-refractivity contribution in [1.82, 2.24) is 0 Å². The molecule has 2 nitrogen and oxygen atoms in total. The highest BCUT2D eigenvalue weighted by molar-refractivity contribution is 6.21. The first-order valence-electron chi connectivity index (χ1n) is 7.00. The summed E-state index contributed by atoms with van der Waals surface area (Å²) >= 11 is 6.66. The molecule has 3 heteroatoms. The summed E-state index contributed by atoms with van der Waals surface area (Å²) < 4.78 is 11.8. The van der Waals surface area contributed by atoms with Gasteiger partial charge in [0.1, 0.15) is 11.4 Å². The van der Waals surface area contributed by atoms with E-state index in [2.05, 4.69) is 32.9 Å². The molecule has 0 aromatic heterocycles. The summed E-state index contributed by atoms with van der Waals surface area (Å²) in [5, 5.41) is -0.0935. The molecule has 0 radical (unpaired) electrons. The van der Waals surface area contributed by atoms with Crippen LogP contribution in [0.15, 0.2) is 18.2 Å². The van der Waals surface area contributed by atoms with E-state index in [4.69, 9.17) is 21.1 Å². The number of rotatable bonds is 2. The minimum absolute atomic E-state index is 0.0935. The summed E-state index contributed by atoms with van der Waals surface area (Å²) in [6.45, 7) is 7.17. The normalized spacial score (nSPS) is 29.9. The Bertz CT molecular complexity index is 490. The zero-order valence-corrected chi connectivity index (χ0v) is 12.6.